The number of carbonyl (C=O) groups is 1. The molecular weight excluding hydrogens is 234 g/mol. The van der Waals surface area contributed by atoms with Crippen LogP contribution in [0.2, 0.25) is 5.15 Å². The van der Waals surface area contributed by atoms with Crippen molar-refractivity contribution in [3.05, 3.63) is 23.0 Å². The summed E-state index contributed by atoms with van der Waals surface area (Å²) in [6.07, 6.45) is 0. The lowest BCUT2D eigenvalue weighted by Gasteiger charge is -2.20. The highest BCUT2D eigenvalue weighted by molar-refractivity contribution is 6.29. The maximum absolute atomic E-state index is 11.5. The summed E-state index contributed by atoms with van der Waals surface area (Å²) >= 11 is 5.51. The largest absolute Gasteiger partial charge is 0.393 e. The van der Waals surface area contributed by atoms with E-state index in [2.05, 4.69) is 15.5 Å². The zero-order valence-electron chi connectivity index (χ0n) is 8.64. The summed E-state index contributed by atoms with van der Waals surface area (Å²) in [7, 11) is 0. The molecule has 7 heteroatoms. The van der Waals surface area contributed by atoms with E-state index < -0.39 is 18.1 Å². The lowest BCUT2D eigenvalue weighted by atomic mass is 10.1. The molecule has 1 aromatic rings. The summed E-state index contributed by atoms with van der Waals surface area (Å²) in [5.41, 5.74) is -1.26. The lowest BCUT2D eigenvalue weighted by molar-refractivity contribution is 0.00315. The molecule has 1 aromatic heterocycles. The van der Waals surface area contributed by atoms with Gasteiger partial charge in [-0.15, -0.1) is 10.2 Å². The van der Waals surface area contributed by atoms with E-state index in [9.17, 15) is 9.90 Å². The summed E-state index contributed by atoms with van der Waals surface area (Å²) in [5.74, 6) is -0.488. The molecule has 0 fully saturated rings. The highest BCUT2D eigenvalue weighted by Crippen LogP contribution is 2.03. The fourth-order valence-corrected chi connectivity index (χ4v) is 0.955. The number of hydrogen-bond acceptors (Lipinski definition) is 5. The Morgan fingerprint density at radius 2 is 2.25 bits per heavy atom. The Balaban J connectivity index is 2.56. The standard InChI is InChI=1S/C9H12ClN3O3/c1-9(16,5-14)4-11-8(15)6-2-3-7(10)13-12-6/h2-3,14,16H,4-5H2,1H3,(H,11,15). The fraction of sp³-hybridized carbons (Fsp3) is 0.444. The molecule has 1 amide bonds. The molecule has 1 unspecified atom stereocenters. The first kappa shape index (κ1) is 12.8. The predicted octanol–water partition coefficient (Wildman–Crippen LogP) is -0.397. The predicted molar refractivity (Wildman–Crippen MR) is 57.1 cm³/mol. The molecule has 0 aromatic carbocycles. The molecule has 16 heavy (non-hydrogen) atoms. The van der Waals surface area contributed by atoms with E-state index in [0.717, 1.165) is 0 Å². The maximum atomic E-state index is 11.5. The van der Waals surface area contributed by atoms with Gasteiger partial charge in [0, 0.05) is 6.54 Å². The second-order valence-electron chi connectivity index (χ2n) is 3.58. The number of aliphatic hydroxyl groups is 2. The van der Waals surface area contributed by atoms with Crippen molar-refractivity contribution in [2.75, 3.05) is 13.2 Å². The Hall–Kier alpha value is -1.24. The van der Waals surface area contributed by atoms with E-state index in [-0.39, 0.29) is 17.4 Å². The van der Waals surface area contributed by atoms with E-state index in [1.165, 1.54) is 19.1 Å². The third kappa shape index (κ3) is 3.73. The minimum absolute atomic E-state index is 0.0767. The quantitative estimate of drug-likeness (QED) is 0.671. The van der Waals surface area contributed by atoms with Crippen molar-refractivity contribution in [2.45, 2.75) is 12.5 Å². The SMILES string of the molecule is CC(O)(CO)CNC(=O)c1ccc(Cl)nn1. The summed E-state index contributed by atoms with van der Waals surface area (Å²) < 4.78 is 0. The van der Waals surface area contributed by atoms with Crippen molar-refractivity contribution in [3.8, 4) is 0 Å². The summed E-state index contributed by atoms with van der Waals surface area (Å²) in [6, 6.07) is 2.85. The molecule has 88 valence electrons. The van der Waals surface area contributed by atoms with E-state index in [4.69, 9.17) is 16.7 Å². The first-order valence-corrected chi connectivity index (χ1v) is 4.93. The van der Waals surface area contributed by atoms with E-state index in [1.54, 1.807) is 0 Å². The second-order valence-corrected chi connectivity index (χ2v) is 3.97. The van der Waals surface area contributed by atoms with Gasteiger partial charge in [0.05, 0.1) is 6.61 Å². The monoisotopic (exact) mass is 245 g/mol. The number of halogens is 1. The number of rotatable bonds is 4. The van der Waals surface area contributed by atoms with Gasteiger partial charge in [-0.3, -0.25) is 4.79 Å². The first-order chi connectivity index (χ1) is 7.44. The van der Waals surface area contributed by atoms with Crippen molar-refractivity contribution < 1.29 is 15.0 Å². The smallest absolute Gasteiger partial charge is 0.271 e. The number of nitrogens with one attached hydrogen (secondary N) is 1. The van der Waals surface area contributed by atoms with Gasteiger partial charge in [0.15, 0.2) is 10.8 Å². The van der Waals surface area contributed by atoms with Gasteiger partial charge in [-0.25, -0.2) is 0 Å². The molecule has 0 bridgehead atoms. The molecule has 0 aliphatic carbocycles. The van der Waals surface area contributed by atoms with Crippen molar-refractivity contribution in [2.24, 2.45) is 0 Å². The van der Waals surface area contributed by atoms with Gasteiger partial charge in [-0.1, -0.05) is 11.6 Å². The van der Waals surface area contributed by atoms with Gasteiger partial charge >= 0.3 is 0 Å². The highest BCUT2D eigenvalue weighted by Gasteiger charge is 2.20. The molecule has 0 saturated carbocycles. The molecular formula is C9H12ClN3O3. The number of carbonyl (C=O) groups excluding carboxylic acids is 1. The lowest BCUT2D eigenvalue weighted by Crippen LogP contribution is -2.43. The first-order valence-electron chi connectivity index (χ1n) is 4.55. The zero-order chi connectivity index (χ0) is 12.2. The minimum Gasteiger partial charge on any atom is -0.393 e. The molecule has 1 atom stereocenters. The van der Waals surface area contributed by atoms with Gasteiger partial charge in [0.2, 0.25) is 0 Å². The van der Waals surface area contributed by atoms with Crippen LogP contribution < -0.4 is 5.32 Å². The summed E-state index contributed by atoms with van der Waals surface area (Å²) in [6.45, 7) is 0.882. The van der Waals surface area contributed by atoms with Gasteiger partial charge in [0.25, 0.3) is 5.91 Å². The van der Waals surface area contributed by atoms with Crippen LogP contribution in [0.3, 0.4) is 0 Å². The van der Waals surface area contributed by atoms with Crippen LogP contribution in [0, 0.1) is 0 Å². The van der Waals surface area contributed by atoms with E-state index in [0.29, 0.717) is 0 Å². The van der Waals surface area contributed by atoms with E-state index >= 15 is 0 Å². The third-order valence-electron chi connectivity index (χ3n) is 1.84. The topological polar surface area (TPSA) is 95.3 Å². The number of nitrogens with zero attached hydrogens (tertiary/aromatic N) is 2. The molecule has 0 saturated heterocycles. The van der Waals surface area contributed by atoms with Gasteiger partial charge in [0.1, 0.15) is 5.60 Å². The van der Waals surface area contributed by atoms with Crippen LogP contribution in [0.5, 0.6) is 0 Å². The van der Waals surface area contributed by atoms with Crippen LogP contribution in [0.4, 0.5) is 0 Å². The highest BCUT2D eigenvalue weighted by atomic mass is 35.5. The zero-order valence-corrected chi connectivity index (χ0v) is 9.40. The van der Waals surface area contributed by atoms with Crippen LogP contribution in [0.15, 0.2) is 12.1 Å². The molecule has 0 spiro atoms. The molecule has 0 aliphatic rings. The number of hydrogen-bond donors (Lipinski definition) is 3. The van der Waals surface area contributed by atoms with Crippen molar-refractivity contribution in [1.82, 2.24) is 15.5 Å². The van der Waals surface area contributed by atoms with Crippen molar-refractivity contribution in [3.63, 3.8) is 0 Å². The molecule has 0 radical (unpaired) electrons. The number of amides is 1. The molecule has 6 nitrogen and oxygen atoms in total. The fourth-order valence-electron chi connectivity index (χ4n) is 0.854. The van der Waals surface area contributed by atoms with Gasteiger partial charge in [-0.05, 0) is 19.1 Å². The Labute approximate surface area is 97.3 Å². The molecule has 0 aliphatic heterocycles. The van der Waals surface area contributed by atoms with Gasteiger partial charge in [-0.2, -0.15) is 0 Å². The minimum atomic E-state index is -1.35. The van der Waals surface area contributed by atoms with Crippen LogP contribution in [-0.2, 0) is 0 Å². The van der Waals surface area contributed by atoms with Gasteiger partial charge < -0.3 is 15.5 Å². The normalized spacial score (nSPS) is 14.2. The average molecular weight is 246 g/mol. The Bertz CT molecular complexity index is 367. The number of aliphatic hydroxyl groups excluding tert-OH is 1. The van der Waals surface area contributed by atoms with Crippen LogP contribution in [0.1, 0.15) is 17.4 Å². The van der Waals surface area contributed by atoms with Crippen LogP contribution >= 0.6 is 11.6 Å². The van der Waals surface area contributed by atoms with Crippen LogP contribution in [-0.4, -0.2) is 45.1 Å². The second kappa shape index (κ2) is 5.20. The Kier molecular flexibility index (Phi) is 4.17. The number of aromatic nitrogens is 2. The average Bonchev–Trinajstić information content (AvgIpc) is 2.27. The molecule has 1 heterocycles. The van der Waals surface area contributed by atoms with Crippen molar-refractivity contribution >= 4 is 17.5 Å². The molecule has 1 rings (SSSR count). The molecule has 3 N–H and O–H groups in total. The Morgan fingerprint density at radius 1 is 1.56 bits per heavy atom. The third-order valence-corrected chi connectivity index (χ3v) is 2.04. The summed E-state index contributed by atoms with van der Waals surface area (Å²) in [5, 5.41) is 27.9. The Morgan fingerprint density at radius 3 is 2.75 bits per heavy atom. The van der Waals surface area contributed by atoms with E-state index in [1.807, 2.05) is 0 Å². The van der Waals surface area contributed by atoms with Crippen molar-refractivity contribution in [1.29, 1.82) is 0 Å². The van der Waals surface area contributed by atoms with Crippen LogP contribution in [0.25, 0.3) is 0 Å². The maximum Gasteiger partial charge on any atom is 0.271 e. The summed E-state index contributed by atoms with van der Waals surface area (Å²) in [4.78, 5) is 11.5.